The molecular formula is C14H21NO4. The molecule has 0 fully saturated rings. The molecule has 19 heavy (non-hydrogen) atoms. The molecule has 5 heteroatoms. The Morgan fingerprint density at radius 3 is 2.37 bits per heavy atom. The minimum Gasteiger partial charge on any atom is -0.493 e. The van der Waals surface area contributed by atoms with Crippen LogP contribution in [0, 0.1) is 0 Å². The monoisotopic (exact) mass is 267 g/mol. The summed E-state index contributed by atoms with van der Waals surface area (Å²) in [5.41, 5.74) is 0.732. The Morgan fingerprint density at radius 1 is 1.26 bits per heavy atom. The van der Waals surface area contributed by atoms with Crippen LogP contribution in [0.5, 0.6) is 11.5 Å². The molecule has 1 rings (SSSR count). The van der Waals surface area contributed by atoms with Crippen LogP contribution in [-0.4, -0.2) is 43.2 Å². The number of carbonyl (C=O) groups excluding carboxylic acids is 1. The lowest BCUT2D eigenvalue weighted by Crippen LogP contribution is -2.35. The van der Waals surface area contributed by atoms with E-state index in [-0.39, 0.29) is 5.91 Å². The molecular weight excluding hydrogens is 246 g/mol. The highest BCUT2D eigenvalue weighted by Crippen LogP contribution is 2.31. The van der Waals surface area contributed by atoms with Crippen molar-refractivity contribution in [3.8, 4) is 11.5 Å². The number of benzene rings is 1. The molecule has 5 nitrogen and oxygen atoms in total. The van der Waals surface area contributed by atoms with Crippen LogP contribution in [0.15, 0.2) is 18.2 Å². The molecule has 1 aromatic rings. The highest BCUT2D eigenvalue weighted by Gasteiger charge is 2.18. The van der Waals surface area contributed by atoms with E-state index in [4.69, 9.17) is 9.47 Å². The van der Waals surface area contributed by atoms with Gasteiger partial charge in [0.1, 0.15) is 0 Å². The number of methoxy groups -OCH3 is 1. The van der Waals surface area contributed by atoms with E-state index in [1.54, 1.807) is 46.1 Å². The molecule has 0 saturated heterocycles. The van der Waals surface area contributed by atoms with E-state index in [2.05, 4.69) is 0 Å². The van der Waals surface area contributed by atoms with E-state index in [0.29, 0.717) is 11.5 Å². The number of nitrogens with zero attached hydrogens (tertiary/aromatic N) is 1. The average Bonchev–Trinajstić information content (AvgIpc) is 2.37. The first-order valence-corrected chi connectivity index (χ1v) is 6.10. The Hall–Kier alpha value is -1.75. The van der Waals surface area contributed by atoms with Gasteiger partial charge in [-0.25, -0.2) is 0 Å². The second kappa shape index (κ2) is 6.43. The number of hydrogen-bond acceptors (Lipinski definition) is 4. The molecule has 1 unspecified atom stereocenters. The molecule has 0 aromatic heterocycles. The van der Waals surface area contributed by atoms with Crippen molar-refractivity contribution in [3.63, 3.8) is 0 Å². The van der Waals surface area contributed by atoms with Crippen molar-refractivity contribution in [3.05, 3.63) is 23.8 Å². The van der Waals surface area contributed by atoms with Crippen molar-refractivity contribution in [2.45, 2.75) is 26.1 Å². The van der Waals surface area contributed by atoms with E-state index >= 15 is 0 Å². The molecule has 106 valence electrons. The van der Waals surface area contributed by atoms with Crippen LogP contribution >= 0.6 is 0 Å². The number of aliphatic hydroxyl groups is 1. The zero-order chi connectivity index (χ0) is 14.6. The molecule has 2 atom stereocenters. The minimum absolute atomic E-state index is 0.123. The molecule has 0 radical (unpaired) electrons. The third kappa shape index (κ3) is 3.86. The third-order valence-electron chi connectivity index (χ3n) is 2.76. The van der Waals surface area contributed by atoms with Crippen molar-refractivity contribution < 1.29 is 19.4 Å². The number of ether oxygens (including phenoxy) is 2. The van der Waals surface area contributed by atoms with Gasteiger partial charge in [-0.3, -0.25) is 4.79 Å². The topological polar surface area (TPSA) is 59.0 Å². The summed E-state index contributed by atoms with van der Waals surface area (Å²) in [6, 6.07) is 5.14. The second-order valence-corrected chi connectivity index (χ2v) is 4.58. The normalized spacial score (nSPS) is 13.6. The number of hydrogen-bond donors (Lipinski definition) is 1. The summed E-state index contributed by atoms with van der Waals surface area (Å²) in [5.74, 6) is 0.855. The first-order chi connectivity index (χ1) is 8.86. The van der Waals surface area contributed by atoms with Crippen LogP contribution in [-0.2, 0) is 4.79 Å². The lowest BCUT2D eigenvalue weighted by atomic mass is 10.1. The lowest BCUT2D eigenvalue weighted by molar-refractivity contribution is -0.135. The summed E-state index contributed by atoms with van der Waals surface area (Å²) in [6.45, 7) is 3.36. The summed E-state index contributed by atoms with van der Waals surface area (Å²) >= 11 is 0. The summed E-state index contributed by atoms with van der Waals surface area (Å²) in [5, 5.41) is 9.52. The van der Waals surface area contributed by atoms with Gasteiger partial charge in [-0.05, 0) is 31.5 Å². The zero-order valence-corrected chi connectivity index (χ0v) is 12.0. The molecule has 0 aliphatic carbocycles. The summed E-state index contributed by atoms with van der Waals surface area (Å²) < 4.78 is 10.8. The van der Waals surface area contributed by atoms with E-state index in [0.717, 1.165) is 5.56 Å². The van der Waals surface area contributed by atoms with Gasteiger partial charge in [0.15, 0.2) is 17.6 Å². The molecule has 1 aromatic carbocycles. The van der Waals surface area contributed by atoms with Gasteiger partial charge >= 0.3 is 0 Å². The van der Waals surface area contributed by atoms with Crippen molar-refractivity contribution in [2.24, 2.45) is 0 Å². The molecule has 0 aliphatic heterocycles. The van der Waals surface area contributed by atoms with Crippen LogP contribution in [0.3, 0.4) is 0 Å². The van der Waals surface area contributed by atoms with Crippen molar-refractivity contribution in [1.82, 2.24) is 4.90 Å². The Kier molecular flexibility index (Phi) is 5.18. The van der Waals surface area contributed by atoms with Crippen LogP contribution in [0.4, 0.5) is 0 Å². The largest absolute Gasteiger partial charge is 0.493 e. The maximum Gasteiger partial charge on any atom is 0.262 e. The van der Waals surface area contributed by atoms with Crippen molar-refractivity contribution >= 4 is 5.91 Å². The summed E-state index contributed by atoms with van der Waals surface area (Å²) in [7, 11) is 4.87. The van der Waals surface area contributed by atoms with Gasteiger partial charge in [-0.1, -0.05) is 6.07 Å². The fourth-order valence-corrected chi connectivity index (χ4v) is 1.65. The van der Waals surface area contributed by atoms with Crippen molar-refractivity contribution in [2.75, 3.05) is 21.2 Å². The van der Waals surface area contributed by atoms with Gasteiger partial charge in [0.25, 0.3) is 5.91 Å². The van der Waals surface area contributed by atoms with E-state index in [1.807, 2.05) is 0 Å². The highest BCUT2D eigenvalue weighted by molar-refractivity contribution is 5.80. The Morgan fingerprint density at radius 2 is 1.89 bits per heavy atom. The first kappa shape index (κ1) is 15.3. The fourth-order valence-electron chi connectivity index (χ4n) is 1.65. The predicted molar refractivity (Wildman–Crippen MR) is 72.4 cm³/mol. The van der Waals surface area contributed by atoms with Crippen LogP contribution < -0.4 is 9.47 Å². The summed E-state index contributed by atoms with van der Waals surface area (Å²) in [4.78, 5) is 13.2. The lowest BCUT2D eigenvalue weighted by Gasteiger charge is -2.20. The quantitative estimate of drug-likeness (QED) is 0.880. The molecule has 1 amide bonds. The van der Waals surface area contributed by atoms with Crippen molar-refractivity contribution in [1.29, 1.82) is 0 Å². The van der Waals surface area contributed by atoms with E-state index in [9.17, 15) is 9.90 Å². The standard InChI is InChI=1S/C14H21NO4/c1-9(16)11-6-7-12(13(8-11)18-5)19-10(2)14(17)15(3)4/h6-10,16H,1-5H3/t9-,10?/m1/s1. The van der Waals surface area contributed by atoms with Gasteiger partial charge in [-0.2, -0.15) is 0 Å². The Bertz CT molecular complexity index is 443. The maximum atomic E-state index is 11.7. The number of rotatable bonds is 5. The Balaban J connectivity index is 2.92. The predicted octanol–water partition coefficient (Wildman–Crippen LogP) is 1.60. The SMILES string of the molecule is COc1cc([C@@H](C)O)ccc1OC(C)C(=O)N(C)C. The van der Waals surface area contributed by atoms with E-state index in [1.165, 1.54) is 12.0 Å². The smallest absolute Gasteiger partial charge is 0.262 e. The summed E-state index contributed by atoms with van der Waals surface area (Å²) in [6.07, 6.45) is -1.18. The van der Waals surface area contributed by atoms with Gasteiger partial charge in [0, 0.05) is 14.1 Å². The highest BCUT2D eigenvalue weighted by atomic mass is 16.5. The van der Waals surface area contributed by atoms with Gasteiger partial charge in [0.05, 0.1) is 13.2 Å². The van der Waals surface area contributed by atoms with Gasteiger partial charge < -0.3 is 19.5 Å². The average molecular weight is 267 g/mol. The molecule has 0 saturated carbocycles. The van der Waals surface area contributed by atoms with E-state index < -0.39 is 12.2 Å². The van der Waals surface area contributed by atoms with Gasteiger partial charge in [0.2, 0.25) is 0 Å². The molecule has 1 N–H and O–H groups in total. The number of carbonyl (C=O) groups is 1. The van der Waals surface area contributed by atoms with Gasteiger partial charge in [-0.15, -0.1) is 0 Å². The van der Waals surface area contributed by atoms with Crippen LogP contribution in [0.1, 0.15) is 25.5 Å². The minimum atomic E-state index is -0.596. The van der Waals surface area contributed by atoms with Crippen LogP contribution in [0.2, 0.25) is 0 Å². The molecule has 0 spiro atoms. The third-order valence-corrected chi connectivity index (χ3v) is 2.76. The fraction of sp³-hybridized carbons (Fsp3) is 0.500. The molecule has 0 bridgehead atoms. The first-order valence-electron chi connectivity index (χ1n) is 6.10. The molecule has 0 aliphatic rings. The Labute approximate surface area is 113 Å². The zero-order valence-electron chi connectivity index (χ0n) is 12.0. The maximum absolute atomic E-state index is 11.7. The second-order valence-electron chi connectivity index (χ2n) is 4.58. The van der Waals surface area contributed by atoms with Crippen LogP contribution in [0.25, 0.3) is 0 Å². The number of aliphatic hydroxyl groups excluding tert-OH is 1. The molecule has 0 heterocycles. The number of likely N-dealkylation sites (N-methyl/N-ethyl adjacent to an activating group) is 1. The number of amides is 1.